The summed E-state index contributed by atoms with van der Waals surface area (Å²) in [5.74, 6) is 0.0987. The largest absolute Gasteiger partial charge is 0.353 e. The van der Waals surface area contributed by atoms with Gasteiger partial charge in [0, 0.05) is 25.0 Å². The van der Waals surface area contributed by atoms with Gasteiger partial charge in [-0.05, 0) is 39.8 Å². The summed E-state index contributed by atoms with van der Waals surface area (Å²) in [6, 6.07) is 0.247. The average molecular weight is 316 g/mol. The van der Waals surface area contributed by atoms with E-state index in [2.05, 4.69) is 31.0 Å². The predicted octanol–water partition coefficient (Wildman–Crippen LogP) is 2.05. The van der Waals surface area contributed by atoms with E-state index in [0.29, 0.717) is 6.42 Å². The van der Waals surface area contributed by atoms with Crippen LogP contribution in [-0.2, 0) is 4.79 Å². The molecule has 0 rings (SSSR count). The van der Waals surface area contributed by atoms with Crippen LogP contribution in [0.2, 0.25) is 0 Å². The van der Waals surface area contributed by atoms with Crippen molar-refractivity contribution >= 4 is 30.7 Å². The molecule has 6 heteroatoms. The topological polar surface area (TPSA) is 58.4 Å². The number of carbonyl (C=O) groups is 1. The van der Waals surface area contributed by atoms with Crippen LogP contribution in [0.3, 0.4) is 0 Å². The van der Waals surface area contributed by atoms with E-state index in [0.717, 1.165) is 13.0 Å². The van der Waals surface area contributed by atoms with Crippen molar-refractivity contribution < 1.29 is 4.79 Å². The number of halogens is 2. The Morgan fingerprint density at radius 2 is 1.74 bits per heavy atom. The number of hydrogen-bond acceptors (Lipinski definition) is 3. The van der Waals surface area contributed by atoms with Crippen LogP contribution in [0, 0.1) is 5.41 Å². The van der Waals surface area contributed by atoms with Gasteiger partial charge in [0.25, 0.3) is 0 Å². The van der Waals surface area contributed by atoms with Gasteiger partial charge in [-0.2, -0.15) is 0 Å². The molecular formula is C13H31Cl2N3O. The van der Waals surface area contributed by atoms with Crippen LogP contribution in [-0.4, -0.2) is 43.5 Å². The third-order valence-corrected chi connectivity index (χ3v) is 3.10. The molecule has 0 saturated carbocycles. The molecule has 0 aliphatic carbocycles. The highest BCUT2D eigenvalue weighted by atomic mass is 35.5. The molecule has 0 aliphatic rings. The van der Waals surface area contributed by atoms with Crippen molar-refractivity contribution in [3.05, 3.63) is 0 Å². The lowest BCUT2D eigenvalue weighted by Gasteiger charge is -2.35. The minimum atomic E-state index is 0. The van der Waals surface area contributed by atoms with Crippen molar-refractivity contribution in [2.75, 3.05) is 20.6 Å². The van der Waals surface area contributed by atoms with Gasteiger partial charge in [-0.15, -0.1) is 24.8 Å². The van der Waals surface area contributed by atoms with Crippen molar-refractivity contribution in [2.45, 2.75) is 52.6 Å². The molecule has 0 saturated heterocycles. The minimum Gasteiger partial charge on any atom is -0.353 e. The van der Waals surface area contributed by atoms with E-state index in [1.165, 1.54) is 0 Å². The minimum absolute atomic E-state index is 0. The van der Waals surface area contributed by atoms with Crippen LogP contribution in [0.4, 0.5) is 0 Å². The van der Waals surface area contributed by atoms with Crippen molar-refractivity contribution in [3.8, 4) is 0 Å². The Hall–Kier alpha value is -0.0300. The Morgan fingerprint density at radius 1 is 1.26 bits per heavy atom. The fourth-order valence-electron chi connectivity index (χ4n) is 1.82. The van der Waals surface area contributed by atoms with Crippen molar-refractivity contribution in [1.82, 2.24) is 10.2 Å². The first-order valence-electron chi connectivity index (χ1n) is 6.35. The van der Waals surface area contributed by atoms with E-state index in [-0.39, 0.29) is 48.2 Å². The molecule has 3 N–H and O–H groups in total. The summed E-state index contributed by atoms with van der Waals surface area (Å²) in [5, 5.41) is 3.06. The number of nitrogens with zero attached hydrogens (tertiary/aromatic N) is 1. The smallest absolute Gasteiger partial charge is 0.220 e. The highest BCUT2D eigenvalue weighted by Crippen LogP contribution is 2.21. The molecule has 4 nitrogen and oxygen atoms in total. The summed E-state index contributed by atoms with van der Waals surface area (Å²) >= 11 is 0. The number of hydrogen-bond donors (Lipinski definition) is 2. The summed E-state index contributed by atoms with van der Waals surface area (Å²) in [6.45, 7) is 9.27. The summed E-state index contributed by atoms with van der Waals surface area (Å²) in [7, 11) is 4.10. The zero-order valence-corrected chi connectivity index (χ0v) is 14.7. The summed E-state index contributed by atoms with van der Waals surface area (Å²) in [5.41, 5.74) is 5.70. The van der Waals surface area contributed by atoms with Gasteiger partial charge in [-0.25, -0.2) is 0 Å². The molecule has 2 atom stereocenters. The molecule has 118 valence electrons. The van der Waals surface area contributed by atoms with E-state index in [1.807, 2.05) is 21.0 Å². The molecule has 19 heavy (non-hydrogen) atoms. The summed E-state index contributed by atoms with van der Waals surface area (Å²) < 4.78 is 0. The van der Waals surface area contributed by atoms with E-state index in [4.69, 9.17) is 5.73 Å². The van der Waals surface area contributed by atoms with Crippen LogP contribution < -0.4 is 11.1 Å². The van der Waals surface area contributed by atoms with Crippen LogP contribution in [0.5, 0.6) is 0 Å². The lowest BCUT2D eigenvalue weighted by atomic mass is 9.85. The zero-order chi connectivity index (χ0) is 13.6. The fourth-order valence-corrected chi connectivity index (χ4v) is 1.82. The highest BCUT2D eigenvalue weighted by molar-refractivity contribution is 5.85. The normalized spacial score (nSPS) is 14.1. The van der Waals surface area contributed by atoms with Crippen LogP contribution in [0.15, 0.2) is 0 Å². The Morgan fingerprint density at radius 3 is 2.11 bits per heavy atom. The van der Waals surface area contributed by atoms with Gasteiger partial charge >= 0.3 is 0 Å². The molecule has 2 unspecified atom stereocenters. The second-order valence-electron chi connectivity index (χ2n) is 6.03. The maximum Gasteiger partial charge on any atom is 0.220 e. The second kappa shape index (κ2) is 10.7. The Labute approximate surface area is 130 Å². The number of nitrogens with one attached hydrogen (secondary N) is 1. The SMILES string of the molecule is CC(N)CCC(=O)NC(C)C(C)(C)CN(C)C.Cl.Cl. The lowest BCUT2D eigenvalue weighted by molar-refractivity contribution is -0.122. The van der Waals surface area contributed by atoms with Crippen molar-refractivity contribution in [1.29, 1.82) is 0 Å². The quantitative estimate of drug-likeness (QED) is 0.756. The van der Waals surface area contributed by atoms with Gasteiger partial charge in [0.05, 0.1) is 0 Å². The Balaban J connectivity index is -0.00000128. The first kappa shape index (κ1) is 24.0. The molecule has 0 spiro atoms. The molecule has 0 bridgehead atoms. The van der Waals surface area contributed by atoms with Crippen molar-refractivity contribution in [2.24, 2.45) is 11.1 Å². The molecule has 0 aromatic heterocycles. The van der Waals surface area contributed by atoms with Gasteiger partial charge in [0.1, 0.15) is 0 Å². The maximum atomic E-state index is 11.7. The van der Waals surface area contributed by atoms with Gasteiger partial charge < -0.3 is 16.0 Å². The zero-order valence-electron chi connectivity index (χ0n) is 13.0. The van der Waals surface area contributed by atoms with Crippen molar-refractivity contribution in [3.63, 3.8) is 0 Å². The van der Waals surface area contributed by atoms with E-state index in [1.54, 1.807) is 0 Å². The monoisotopic (exact) mass is 315 g/mol. The number of amides is 1. The third kappa shape index (κ3) is 11.5. The van der Waals surface area contributed by atoms with Gasteiger partial charge in [-0.3, -0.25) is 4.79 Å². The van der Waals surface area contributed by atoms with Crippen LogP contribution >= 0.6 is 24.8 Å². The highest BCUT2D eigenvalue weighted by Gasteiger charge is 2.27. The standard InChI is InChI=1S/C13H29N3O.2ClH/c1-10(14)7-8-12(17)15-11(2)13(3,4)9-16(5)6;;/h10-11H,7-9,14H2,1-6H3,(H,15,17);2*1H. The molecule has 0 aliphatic heterocycles. The molecule has 0 fully saturated rings. The van der Waals surface area contributed by atoms with Crippen LogP contribution in [0.1, 0.15) is 40.5 Å². The first-order chi connectivity index (χ1) is 7.65. The number of nitrogens with two attached hydrogens (primary N) is 1. The third-order valence-electron chi connectivity index (χ3n) is 3.10. The van der Waals surface area contributed by atoms with Gasteiger partial charge in [-0.1, -0.05) is 13.8 Å². The molecule has 0 aromatic rings. The lowest BCUT2D eigenvalue weighted by Crippen LogP contribution is -2.47. The Kier molecular flexibility index (Phi) is 13.6. The molecule has 0 heterocycles. The average Bonchev–Trinajstić information content (AvgIpc) is 2.12. The predicted molar refractivity (Wildman–Crippen MR) is 87.3 cm³/mol. The number of rotatable bonds is 7. The maximum absolute atomic E-state index is 11.7. The van der Waals surface area contributed by atoms with E-state index in [9.17, 15) is 4.79 Å². The Bertz CT molecular complexity index is 246. The summed E-state index contributed by atoms with van der Waals surface area (Å²) in [4.78, 5) is 13.9. The first-order valence-corrected chi connectivity index (χ1v) is 6.35. The summed E-state index contributed by atoms with van der Waals surface area (Å²) in [6.07, 6.45) is 1.26. The fraction of sp³-hybridized carbons (Fsp3) is 0.923. The molecular weight excluding hydrogens is 285 g/mol. The van der Waals surface area contributed by atoms with E-state index >= 15 is 0 Å². The molecule has 0 radical (unpaired) electrons. The van der Waals surface area contributed by atoms with Gasteiger partial charge in [0.15, 0.2) is 0 Å². The number of carbonyl (C=O) groups excluding carboxylic acids is 1. The molecule has 1 amide bonds. The van der Waals surface area contributed by atoms with Crippen LogP contribution in [0.25, 0.3) is 0 Å². The second-order valence-corrected chi connectivity index (χ2v) is 6.03. The molecule has 0 aromatic carbocycles. The van der Waals surface area contributed by atoms with E-state index < -0.39 is 0 Å². The van der Waals surface area contributed by atoms with Gasteiger partial charge in [0.2, 0.25) is 5.91 Å².